The average Bonchev–Trinajstić information content (AvgIpc) is 3.10. The Balaban J connectivity index is 2.23. The van der Waals surface area contributed by atoms with Crippen LogP contribution in [0.3, 0.4) is 0 Å². The SMILES string of the molecule is COc1ccc(C(O)=C2C(=O)C(=O)N(CCN(C)C)[C@@H]2c2cc(OC)c(OC)c(OC)c2)cc1. The molecule has 9 heteroatoms. The van der Waals surface area contributed by atoms with Gasteiger partial charge in [-0.1, -0.05) is 0 Å². The molecule has 9 nitrogen and oxygen atoms in total. The smallest absolute Gasteiger partial charge is 0.295 e. The van der Waals surface area contributed by atoms with Crippen molar-refractivity contribution in [1.29, 1.82) is 0 Å². The minimum atomic E-state index is -0.851. The Labute approximate surface area is 199 Å². The molecule has 1 atom stereocenters. The molecular weight excluding hydrogens is 440 g/mol. The van der Waals surface area contributed by atoms with Gasteiger partial charge in [0.05, 0.1) is 40.1 Å². The lowest BCUT2D eigenvalue weighted by molar-refractivity contribution is -0.140. The molecule has 1 saturated heterocycles. The van der Waals surface area contributed by atoms with Gasteiger partial charge < -0.3 is 33.9 Å². The van der Waals surface area contributed by atoms with Crippen molar-refractivity contribution in [2.75, 3.05) is 55.6 Å². The standard InChI is InChI=1S/C25H30N2O7/c1-26(2)11-12-27-21(16-13-18(32-4)24(34-6)19(14-16)33-5)20(23(29)25(27)30)22(28)15-7-9-17(31-3)10-8-15/h7-10,13-14,21,28H,11-12H2,1-6H3/t21-/m1/s1. The minimum Gasteiger partial charge on any atom is -0.507 e. The van der Waals surface area contributed by atoms with Crippen LogP contribution in [0.25, 0.3) is 5.76 Å². The van der Waals surface area contributed by atoms with E-state index in [0.717, 1.165) is 0 Å². The first-order valence-corrected chi connectivity index (χ1v) is 10.6. The molecule has 0 aromatic heterocycles. The quantitative estimate of drug-likeness (QED) is 0.339. The van der Waals surface area contributed by atoms with Gasteiger partial charge in [-0.2, -0.15) is 0 Å². The van der Waals surface area contributed by atoms with E-state index < -0.39 is 17.7 Å². The van der Waals surface area contributed by atoms with Gasteiger partial charge in [-0.15, -0.1) is 0 Å². The third-order valence-corrected chi connectivity index (χ3v) is 5.69. The number of methoxy groups -OCH3 is 4. The summed E-state index contributed by atoms with van der Waals surface area (Å²) in [6.07, 6.45) is 0. The number of rotatable bonds is 9. The highest BCUT2D eigenvalue weighted by molar-refractivity contribution is 6.46. The van der Waals surface area contributed by atoms with E-state index in [1.54, 1.807) is 36.4 Å². The second-order valence-corrected chi connectivity index (χ2v) is 7.98. The predicted molar refractivity (Wildman–Crippen MR) is 127 cm³/mol. The summed E-state index contributed by atoms with van der Waals surface area (Å²) >= 11 is 0. The van der Waals surface area contributed by atoms with Gasteiger partial charge in [0.1, 0.15) is 11.5 Å². The Morgan fingerprint density at radius 2 is 1.53 bits per heavy atom. The molecule has 1 fully saturated rings. The first kappa shape index (κ1) is 24.9. The number of aliphatic hydroxyl groups excluding tert-OH is 1. The monoisotopic (exact) mass is 470 g/mol. The molecule has 2 aromatic carbocycles. The van der Waals surface area contributed by atoms with Crippen molar-refractivity contribution in [3.05, 3.63) is 53.1 Å². The van der Waals surface area contributed by atoms with E-state index >= 15 is 0 Å². The number of nitrogens with zero attached hydrogens (tertiary/aromatic N) is 2. The normalized spacial score (nSPS) is 17.3. The highest BCUT2D eigenvalue weighted by atomic mass is 16.5. The van der Waals surface area contributed by atoms with E-state index in [0.29, 0.717) is 40.7 Å². The lowest BCUT2D eigenvalue weighted by Gasteiger charge is -2.27. The first-order valence-electron chi connectivity index (χ1n) is 10.6. The topological polar surface area (TPSA) is 97.8 Å². The predicted octanol–water partition coefficient (Wildman–Crippen LogP) is 2.70. The van der Waals surface area contributed by atoms with Gasteiger partial charge in [0.2, 0.25) is 5.75 Å². The summed E-state index contributed by atoms with van der Waals surface area (Å²) in [6, 6.07) is 9.12. The zero-order valence-electron chi connectivity index (χ0n) is 20.2. The molecule has 0 aliphatic carbocycles. The van der Waals surface area contributed by atoms with E-state index in [1.807, 2.05) is 19.0 Å². The van der Waals surface area contributed by atoms with Crippen LogP contribution in [0.4, 0.5) is 0 Å². The van der Waals surface area contributed by atoms with Crippen LogP contribution in [0.2, 0.25) is 0 Å². The van der Waals surface area contributed by atoms with Crippen LogP contribution >= 0.6 is 0 Å². The summed E-state index contributed by atoms with van der Waals surface area (Å²) in [5, 5.41) is 11.2. The third kappa shape index (κ3) is 4.65. The lowest BCUT2D eigenvalue weighted by Crippen LogP contribution is -2.35. The number of hydrogen-bond acceptors (Lipinski definition) is 8. The van der Waals surface area contributed by atoms with Crippen molar-refractivity contribution < 1.29 is 33.6 Å². The summed E-state index contributed by atoms with van der Waals surface area (Å²) in [5.74, 6) is 0.0193. The number of Topliss-reactive ketones (excluding diaryl/α,β-unsaturated/α-hetero) is 1. The van der Waals surface area contributed by atoms with Crippen LogP contribution in [0.5, 0.6) is 23.0 Å². The molecule has 1 amide bonds. The molecule has 182 valence electrons. The first-order chi connectivity index (χ1) is 16.3. The van der Waals surface area contributed by atoms with E-state index in [2.05, 4.69) is 0 Å². The van der Waals surface area contributed by atoms with Crippen molar-refractivity contribution >= 4 is 17.4 Å². The maximum absolute atomic E-state index is 13.2. The molecule has 0 saturated carbocycles. The van der Waals surface area contributed by atoms with Crippen molar-refractivity contribution in [3.8, 4) is 23.0 Å². The number of likely N-dealkylation sites (N-methyl/N-ethyl adjacent to an activating group) is 1. The molecule has 0 unspecified atom stereocenters. The second kappa shape index (κ2) is 10.5. The van der Waals surface area contributed by atoms with Crippen molar-refractivity contribution in [3.63, 3.8) is 0 Å². The molecule has 0 spiro atoms. The zero-order chi connectivity index (χ0) is 25.0. The number of carbonyl (C=O) groups excluding carboxylic acids is 2. The summed E-state index contributed by atoms with van der Waals surface area (Å²) in [4.78, 5) is 29.6. The van der Waals surface area contributed by atoms with Crippen molar-refractivity contribution in [1.82, 2.24) is 9.80 Å². The molecule has 1 aliphatic heterocycles. The number of hydrogen-bond donors (Lipinski definition) is 1. The van der Waals surface area contributed by atoms with Crippen molar-refractivity contribution in [2.45, 2.75) is 6.04 Å². The second-order valence-electron chi connectivity index (χ2n) is 7.98. The van der Waals surface area contributed by atoms with E-state index in [4.69, 9.17) is 18.9 Å². The Morgan fingerprint density at radius 1 is 0.941 bits per heavy atom. The van der Waals surface area contributed by atoms with Gasteiger partial charge >= 0.3 is 0 Å². The average molecular weight is 471 g/mol. The van der Waals surface area contributed by atoms with Crippen LogP contribution in [0.15, 0.2) is 42.0 Å². The number of benzene rings is 2. The van der Waals surface area contributed by atoms with Crippen LogP contribution < -0.4 is 18.9 Å². The molecular formula is C25H30N2O7. The van der Waals surface area contributed by atoms with E-state index in [-0.39, 0.29) is 17.9 Å². The van der Waals surface area contributed by atoms with E-state index in [1.165, 1.54) is 33.3 Å². The van der Waals surface area contributed by atoms with Crippen LogP contribution in [-0.2, 0) is 9.59 Å². The number of amides is 1. The Hall–Kier alpha value is -3.72. The van der Waals surface area contributed by atoms with Crippen LogP contribution in [-0.4, -0.2) is 82.2 Å². The molecule has 2 aromatic rings. The van der Waals surface area contributed by atoms with Crippen LogP contribution in [0.1, 0.15) is 17.2 Å². The molecule has 3 rings (SSSR count). The maximum atomic E-state index is 13.2. The molecule has 34 heavy (non-hydrogen) atoms. The molecule has 0 radical (unpaired) electrons. The molecule has 1 aliphatic rings. The maximum Gasteiger partial charge on any atom is 0.295 e. The van der Waals surface area contributed by atoms with Gasteiger partial charge in [0, 0.05) is 18.7 Å². The Bertz CT molecular complexity index is 1070. The Kier molecular flexibility index (Phi) is 7.68. The summed E-state index contributed by atoms with van der Waals surface area (Å²) in [6.45, 7) is 0.800. The molecule has 0 bridgehead atoms. The third-order valence-electron chi connectivity index (χ3n) is 5.69. The fraction of sp³-hybridized carbons (Fsp3) is 0.360. The summed E-state index contributed by atoms with van der Waals surface area (Å²) < 4.78 is 21.5. The number of aliphatic hydroxyl groups is 1. The van der Waals surface area contributed by atoms with Gasteiger partial charge in [0.15, 0.2) is 11.5 Å². The summed E-state index contributed by atoms with van der Waals surface area (Å²) in [5.41, 5.74) is 0.926. The number of ketones is 1. The number of ether oxygens (including phenoxy) is 4. The zero-order valence-corrected chi connectivity index (χ0v) is 20.2. The van der Waals surface area contributed by atoms with Gasteiger partial charge in [0.25, 0.3) is 11.7 Å². The Morgan fingerprint density at radius 3 is 2.00 bits per heavy atom. The molecule has 1 N–H and O–H groups in total. The fourth-order valence-electron chi connectivity index (χ4n) is 3.93. The largest absolute Gasteiger partial charge is 0.507 e. The fourth-order valence-corrected chi connectivity index (χ4v) is 3.93. The van der Waals surface area contributed by atoms with Gasteiger partial charge in [-0.3, -0.25) is 9.59 Å². The lowest BCUT2D eigenvalue weighted by atomic mass is 9.94. The van der Waals surface area contributed by atoms with Crippen LogP contribution in [0, 0.1) is 0 Å². The highest BCUT2D eigenvalue weighted by Gasteiger charge is 2.46. The minimum absolute atomic E-state index is 0.0109. The number of likely N-dealkylation sites (tertiary alicyclic amines) is 1. The van der Waals surface area contributed by atoms with Gasteiger partial charge in [-0.25, -0.2) is 0 Å². The summed E-state index contributed by atoms with van der Waals surface area (Å²) in [7, 11) is 9.76. The molecule has 1 heterocycles. The highest BCUT2D eigenvalue weighted by Crippen LogP contribution is 2.45. The van der Waals surface area contributed by atoms with E-state index in [9.17, 15) is 14.7 Å². The number of carbonyl (C=O) groups is 2. The van der Waals surface area contributed by atoms with Crippen molar-refractivity contribution in [2.24, 2.45) is 0 Å². The van der Waals surface area contributed by atoms with Gasteiger partial charge in [-0.05, 0) is 56.1 Å².